The summed E-state index contributed by atoms with van der Waals surface area (Å²) in [4.78, 5) is 15.4. The van der Waals surface area contributed by atoms with Crippen molar-refractivity contribution in [2.75, 3.05) is 6.54 Å². The number of fused-ring (bicyclic) bond motifs is 1. The van der Waals surface area contributed by atoms with Crippen molar-refractivity contribution in [1.29, 1.82) is 0 Å². The average molecular weight is 434 g/mol. The Morgan fingerprint density at radius 3 is 2.19 bits per heavy atom. The van der Waals surface area contributed by atoms with E-state index in [2.05, 4.69) is 85.8 Å². The van der Waals surface area contributed by atoms with Crippen LogP contribution < -0.4 is 5.43 Å². The van der Waals surface area contributed by atoms with Crippen LogP contribution in [0.5, 0.6) is 0 Å². The van der Waals surface area contributed by atoms with Crippen LogP contribution in [-0.2, 0) is 11.3 Å². The van der Waals surface area contributed by atoms with Gasteiger partial charge in [-0.15, -0.1) is 0 Å². The Bertz CT molecular complexity index is 901. The van der Waals surface area contributed by atoms with Gasteiger partial charge in [-0.25, -0.2) is 5.43 Å². The number of rotatable bonds is 7. The number of hydrogen-bond donors (Lipinski definition) is 1. The van der Waals surface area contributed by atoms with Gasteiger partial charge in [0.25, 0.3) is 5.91 Å². The molecule has 0 saturated carbocycles. The van der Waals surface area contributed by atoms with Crippen LogP contribution in [0.4, 0.5) is 0 Å². The summed E-state index contributed by atoms with van der Waals surface area (Å²) in [6, 6.07) is 17.5. The Hall–Kier alpha value is -2.59. The van der Waals surface area contributed by atoms with Gasteiger partial charge in [0.2, 0.25) is 0 Å². The average Bonchev–Trinajstić information content (AvgIpc) is 3.26. The summed E-state index contributed by atoms with van der Waals surface area (Å²) < 4.78 is 0. The Morgan fingerprint density at radius 1 is 0.938 bits per heavy atom. The van der Waals surface area contributed by atoms with E-state index in [1.165, 1.54) is 41.5 Å². The molecule has 4 rings (SSSR count). The summed E-state index contributed by atoms with van der Waals surface area (Å²) in [5, 5.41) is 2.16. The molecule has 4 heteroatoms. The fourth-order valence-electron chi connectivity index (χ4n) is 4.40. The quantitative estimate of drug-likeness (QED) is 0.539. The highest BCUT2D eigenvalue weighted by Gasteiger charge is 2.40. The largest absolute Gasteiger partial charge is 0.331 e. The zero-order valence-electron chi connectivity index (χ0n) is 20.4. The molecule has 2 unspecified atom stereocenters. The highest BCUT2D eigenvalue weighted by Crippen LogP contribution is 2.32. The number of carbonyl (C=O) groups excluding carboxylic acids is 1. The summed E-state index contributed by atoms with van der Waals surface area (Å²) in [5.74, 6) is 0.129. The molecular formula is C28H39N3O. The van der Waals surface area contributed by atoms with E-state index in [-0.39, 0.29) is 11.9 Å². The zero-order valence-corrected chi connectivity index (χ0v) is 20.4. The molecule has 2 aliphatic rings. The molecule has 2 aromatic rings. The zero-order chi connectivity index (χ0) is 23.1. The second-order valence-corrected chi connectivity index (χ2v) is 8.76. The lowest BCUT2D eigenvalue weighted by atomic mass is 10.0. The number of amides is 1. The first-order chi connectivity index (χ1) is 15.5. The van der Waals surface area contributed by atoms with Crippen LogP contribution in [0.2, 0.25) is 0 Å². The van der Waals surface area contributed by atoms with Crippen LogP contribution in [0, 0.1) is 13.8 Å². The fourth-order valence-corrected chi connectivity index (χ4v) is 4.40. The van der Waals surface area contributed by atoms with Gasteiger partial charge in [0.15, 0.2) is 0 Å². The Balaban J connectivity index is 0.00000141. The lowest BCUT2D eigenvalue weighted by molar-refractivity contribution is -0.135. The predicted octanol–water partition coefficient (Wildman–Crippen LogP) is 6.07. The van der Waals surface area contributed by atoms with E-state index in [1.54, 1.807) is 0 Å². The monoisotopic (exact) mass is 433 g/mol. The first-order valence-electron chi connectivity index (χ1n) is 12.2. The summed E-state index contributed by atoms with van der Waals surface area (Å²) in [5.41, 5.74) is 9.32. The molecule has 2 heterocycles. The number of aryl methyl sites for hydroxylation is 2. The third kappa shape index (κ3) is 5.60. The Labute approximate surface area is 194 Å². The molecule has 0 radical (unpaired) electrons. The van der Waals surface area contributed by atoms with E-state index in [0.29, 0.717) is 12.6 Å². The number of piperazine rings is 1. The molecular weight excluding hydrogens is 394 g/mol. The first kappa shape index (κ1) is 24.1. The van der Waals surface area contributed by atoms with Gasteiger partial charge in [0.05, 0.1) is 12.1 Å². The van der Waals surface area contributed by atoms with Crippen LogP contribution in [0.15, 0.2) is 60.3 Å². The van der Waals surface area contributed by atoms with Crippen LogP contribution >= 0.6 is 0 Å². The van der Waals surface area contributed by atoms with E-state index in [9.17, 15) is 4.79 Å². The van der Waals surface area contributed by atoms with Gasteiger partial charge in [-0.1, -0.05) is 99.7 Å². The van der Waals surface area contributed by atoms with E-state index in [0.717, 1.165) is 18.7 Å². The van der Waals surface area contributed by atoms with E-state index in [4.69, 9.17) is 0 Å². The van der Waals surface area contributed by atoms with Crippen molar-refractivity contribution in [1.82, 2.24) is 15.3 Å². The fraction of sp³-hybridized carbons (Fsp3) is 0.464. The van der Waals surface area contributed by atoms with Crippen LogP contribution in [0.25, 0.3) is 0 Å². The molecule has 0 aliphatic carbocycles. The van der Waals surface area contributed by atoms with Crippen molar-refractivity contribution in [3.05, 3.63) is 82.6 Å². The molecule has 1 saturated heterocycles. The van der Waals surface area contributed by atoms with Gasteiger partial charge >= 0.3 is 0 Å². The molecule has 2 atom stereocenters. The Morgan fingerprint density at radius 2 is 1.56 bits per heavy atom. The van der Waals surface area contributed by atoms with Gasteiger partial charge in [-0.05, 0) is 37.5 Å². The maximum Gasteiger partial charge on any atom is 0.271 e. The normalized spacial score (nSPS) is 19.9. The number of unbranched alkanes of at least 4 members (excludes halogenated alkanes) is 2. The number of carbonyl (C=O) groups is 1. The lowest BCUT2D eigenvalue weighted by Crippen LogP contribution is -2.56. The van der Waals surface area contributed by atoms with Crippen LogP contribution in [-0.4, -0.2) is 28.4 Å². The molecule has 1 fully saturated rings. The van der Waals surface area contributed by atoms with Gasteiger partial charge in [-0.2, -0.15) is 0 Å². The highest BCUT2D eigenvalue weighted by atomic mass is 16.2. The molecule has 172 valence electrons. The third-order valence-electron chi connectivity index (χ3n) is 6.24. The minimum atomic E-state index is 0.0533. The third-order valence-corrected chi connectivity index (χ3v) is 6.24. The van der Waals surface area contributed by atoms with E-state index >= 15 is 0 Å². The van der Waals surface area contributed by atoms with Crippen molar-refractivity contribution in [3.8, 4) is 0 Å². The summed E-state index contributed by atoms with van der Waals surface area (Å²) in [6.07, 6.45) is 6.84. The molecule has 4 nitrogen and oxygen atoms in total. The Kier molecular flexibility index (Phi) is 8.52. The number of hydrogen-bond acceptors (Lipinski definition) is 3. The minimum Gasteiger partial charge on any atom is -0.331 e. The van der Waals surface area contributed by atoms with Crippen molar-refractivity contribution in [2.24, 2.45) is 0 Å². The number of nitrogens with one attached hydrogen (secondary N) is 1. The van der Waals surface area contributed by atoms with Crippen LogP contribution in [0.1, 0.15) is 74.8 Å². The standard InChI is InChI=1S/C26H33N3O.C2H6/c1-4-5-6-7-23-18-28(17-21-12-8-19(2)9-13-21)26(30)25-16-24(27-29(23)25)22-14-10-20(3)11-15-22;1-2/h8-16,23-24,27H,4-7,17-18H2,1-3H3;1-2H3. The molecule has 0 aromatic heterocycles. The van der Waals surface area contributed by atoms with E-state index < -0.39 is 0 Å². The van der Waals surface area contributed by atoms with Crippen molar-refractivity contribution < 1.29 is 4.79 Å². The summed E-state index contributed by atoms with van der Waals surface area (Å²) >= 11 is 0. The molecule has 0 bridgehead atoms. The molecule has 32 heavy (non-hydrogen) atoms. The number of benzene rings is 2. The van der Waals surface area contributed by atoms with Gasteiger partial charge in [0, 0.05) is 13.1 Å². The number of nitrogens with zero attached hydrogens (tertiary/aromatic N) is 2. The molecule has 2 aliphatic heterocycles. The van der Waals surface area contributed by atoms with E-state index in [1.807, 2.05) is 18.7 Å². The molecule has 1 N–H and O–H groups in total. The minimum absolute atomic E-state index is 0.0533. The maximum absolute atomic E-state index is 13.4. The van der Waals surface area contributed by atoms with Crippen molar-refractivity contribution in [2.45, 2.75) is 78.9 Å². The SMILES string of the molecule is CC.CCCCCC1CN(Cc2ccc(C)cc2)C(=O)C2=CC(c3ccc(C)cc3)NN21. The van der Waals surface area contributed by atoms with Gasteiger partial charge in [0.1, 0.15) is 5.70 Å². The second-order valence-electron chi connectivity index (χ2n) is 8.76. The first-order valence-corrected chi connectivity index (χ1v) is 12.2. The van der Waals surface area contributed by atoms with Crippen LogP contribution in [0.3, 0.4) is 0 Å². The molecule has 1 amide bonds. The maximum atomic E-state index is 13.4. The topological polar surface area (TPSA) is 35.6 Å². The van der Waals surface area contributed by atoms with Crippen molar-refractivity contribution >= 4 is 5.91 Å². The summed E-state index contributed by atoms with van der Waals surface area (Å²) in [6.45, 7) is 11.9. The van der Waals surface area contributed by atoms with Gasteiger partial charge < -0.3 is 4.90 Å². The lowest BCUT2D eigenvalue weighted by Gasteiger charge is -2.41. The smallest absolute Gasteiger partial charge is 0.271 e. The predicted molar refractivity (Wildman–Crippen MR) is 133 cm³/mol. The molecule has 2 aromatic carbocycles. The highest BCUT2D eigenvalue weighted by molar-refractivity contribution is 5.94. The van der Waals surface area contributed by atoms with Crippen molar-refractivity contribution in [3.63, 3.8) is 0 Å². The molecule has 0 spiro atoms. The summed E-state index contributed by atoms with van der Waals surface area (Å²) in [7, 11) is 0. The second kappa shape index (κ2) is 11.3. The van der Waals surface area contributed by atoms with Gasteiger partial charge in [-0.3, -0.25) is 9.80 Å². The number of hydrazine groups is 1.